The highest BCUT2D eigenvalue weighted by atomic mass is 32.1. The fourth-order valence-electron chi connectivity index (χ4n) is 2.79. The van der Waals surface area contributed by atoms with Crippen molar-refractivity contribution in [1.29, 1.82) is 0 Å². The Hall–Kier alpha value is -2.55. The minimum Gasteiger partial charge on any atom is -0.365 e. The van der Waals surface area contributed by atoms with Crippen LogP contribution in [-0.4, -0.2) is 50.5 Å². The van der Waals surface area contributed by atoms with Gasteiger partial charge < -0.3 is 10.2 Å². The van der Waals surface area contributed by atoms with Crippen molar-refractivity contribution in [2.45, 2.75) is 31.3 Å². The molecule has 1 aliphatic heterocycles. The van der Waals surface area contributed by atoms with Crippen molar-refractivity contribution < 1.29 is 9.59 Å². The van der Waals surface area contributed by atoms with Crippen LogP contribution in [-0.2, 0) is 4.79 Å². The standard InChI is InChI=1S/C15H16N6O2S/c22-13-5-10(7-21(13)11-2-3-11)18-12-4-1-9(6-16-12)14(23)19-15-20-17-8-24-15/h1,4,6,8,10-11H,2-3,5,7H2,(H,16,18)(H,19,20,23). The molecular formula is C15H16N6O2S. The number of amides is 2. The summed E-state index contributed by atoms with van der Waals surface area (Å²) in [5.41, 5.74) is 1.99. The zero-order valence-electron chi connectivity index (χ0n) is 12.8. The molecule has 2 amide bonds. The molecule has 1 saturated heterocycles. The van der Waals surface area contributed by atoms with E-state index in [0.29, 0.717) is 29.0 Å². The van der Waals surface area contributed by atoms with Gasteiger partial charge in [-0.3, -0.25) is 14.9 Å². The van der Waals surface area contributed by atoms with Gasteiger partial charge in [0, 0.05) is 25.2 Å². The summed E-state index contributed by atoms with van der Waals surface area (Å²) >= 11 is 1.25. The summed E-state index contributed by atoms with van der Waals surface area (Å²) in [5, 5.41) is 13.8. The molecule has 1 saturated carbocycles. The summed E-state index contributed by atoms with van der Waals surface area (Å²) in [4.78, 5) is 30.2. The number of nitrogens with zero attached hydrogens (tertiary/aromatic N) is 4. The Kier molecular flexibility index (Phi) is 3.85. The van der Waals surface area contributed by atoms with Crippen LogP contribution < -0.4 is 10.6 Å². The molecular weight excluding hydrogens is 328 g/mol. The topological polar surface area (TPSA) is 100 Å². The molecule has 2 fully saturated rings. The van der Waals surface area contributed by atoms with E-state index in [1.54, 1.807) is 17.6 Å². The lowest BCUT2D eigenvalue weighted by atomic mass is 10.2. The second-order valence-electron chi connectivity index (χ2n) is 5.95. The number of likely N-dealkylation sites (tertiary alicyclic amines) is 1. The fraction of sp³-hybridized carbons (Fsp3) is 0.400. The average Bonchev–Trinajstić information content (AvgIpc) is 3.17. The molecule has 0 bridgehead atoms. The van der Waals surface area contributed by atoms with Crippen LogP contribution in [0.3, 0.4) is 0 Å². The zero-order valence-corrected chi connectivity index (χ0v) is 13.6. The first kappa shape index (κ1) is 15.0. The summed E-state index contributed by atoms with van der Waals surface area (Å²) in [6.45, 7) is 0.727. The predicted molar refractivity (Wildman–Crippen MR) is 88.9 cm³/mol. The summed E-state index contributed by atoms with van der Waals surface area (Å²) in [6.07, 6.45) is 4.25. The maximum Gasteiger partial charge on any atom is 0.259 e. The van der Waals surface area contributed by atoms with Crippen LogP contribution in [0.4, 0.5) is 10.9 Å². The largest absolute Gasteiger partial charge is 0.365 e. The predicted octanol–water partition coefficient (Wildman–Crippen LogP) is 1.36. The van der Waals surface area contributed by atoms with Crippen molar-refractivity contribution in [3.8, 4) is 0 Å². The lowest BCUT2D eigenvalue weighted by molar-refractivity contribution is -0.128. The highest BCUT2D eigenvalue weighted by Crippen LogP contribution is 2.31. The van der Waals surface area contributed by atoms with E-state index in [1.165, 1.54) is 17.5 Å². The number of hydrogen-bond acceptors (Lipinski definition) is 7. The average molecular weight is 344 g/mol. The molecule has 4 rings (SSSR count). The number of nitrogens with one attached hydrogen (secondary N) is 2. The van der Waals surface area contributed by atoms with E-state index in [1.807, 2.05) is 4.90 Å². The van der Waals surface area contributed by atoms with Gasteiger partial charge in [-0.05, 0) is 25.0 Å². The molecule has 2 aliphatic rings. The third kappa shape index (κ3) is 3.21. The van der Waals surface area contributed by atoms with Crippen molar-refractivity contribution in [3.05, 3.63) is 29.4 Å². The van der Waals surface area contributed by atoms with Crippen molar-refractivity contribution >= 4 is 34.1 Å². The smallest absolute Gasteiger partial charge is 0.259 e. The molecule has 1 aliphatic carbocycles. The molecule has 0 spiro atoms. The van der Waals surface area contributed by atoms with Crippen LogP contribution in [0.25, 0.3) is 0 Å². The van der Waals surface area contributed by atoms with Crippen molar-refractivity contribution in [3.63, 3.8) is 0 Å². The first-order valence-corrected chi connectivity index (χ1v) is 8.66. The summed E-state index contributed by atoms with van der Waals surface area (Å²) in [5.74, 6) is 0.600. The monoisotopic (exact) mass is 344 g/mol. The second-order valence-corrected chi connectivity index (χ2v) is 6.79. The minimum atomic E-state index is -0.276. The summed E-state index contributed by atoms with van der Waals surface area (Å²) < 4.78 is 0. The molecule has 124 valence electrons. The van der Waals surface area contributed by atoms with E-state index in [-0.39, 0.29) is 17.9 Å². The maximum atomic E-state index is 12.1. The van der Waals surface area contributed by atoms with Gasteiger partial charge in [0.2, 0.25) is 11.0 Å². The molecule has 0 aromatic carbocycles. The Labute approximate surface area is 142 Å². The Balaban J connectivity index is 1.35. The van der Waals surface area contributed by atoms with Gasteiger partial charge in [-0.2, -0.15) is 0 Å². The van der Waals surface area contributed by atoms with E-state index >= 15 is 0 Å². The van der Waals surface area contributed by atoms with Crippen molar-refractivity contribution in [2.75, 3.05) is 17.2 Å². The third-order valence-corrected chi connectivity index (χ3v) is 4.71. The minimum absolute atomic E-state index is 0.0756. The maximum absolute atomic E-state index is 12.1. The van der Waals surface area contributed by atoms with Crippen LogP contribution >= 0.6 is 11.3 Å². The van der Waals surface area contributed by atoms with Gasteiger partial charge in [0.1, 0.15) is 11.3 Å². The zero-order chi connectivity index (χ0) is 16.5. The van der Waals surface area contributed by atoms with Crippen LogP contribution in [0.15, 0.2) is 23.8 Å². The second kappa shape index (κ2) is 6.16. The van der Waals surface area contributed by atoms with E-state index < -0.39 is 0 Å². The number of pyridine rings is 1. The van der Waals surface area contributed by atoms with Gasteiger partial charge in [-0.15, -0.1) is 10.2 Å². The molecule has 8 nitrogen and oxygen atoms in total. The molecule has 1 atom stereocenters. The lowest BCUT2D eigenvalue weighted by Gasteiger charge is -2.16. The molecule has 9 heteroatoms. The number of anilines is 2. The van der Waals surface area contributed by atoms with Crippen molar-refractivity contribution in [2.24, 2.45) is 0 Å². The van der Waals surface area contributed by atoms with E-state index in [2.05, 4.69) is 25.8 Å². The molecule has 2 N–H and O–H groups in total. The Morgan fingerprint density at radius 2 is 2.21 bits per heavy atom. The number of aromatic nitrogens is 3. The highest BCUT2D eigenvalue weighted by molar-refractivity contribution is 7.13. The quantitative estimate of drug-likeness (QED) is 0.849. The molecule has 0 radical (unpaired) electrons. The van der Waals surface area contributed by atoms with Gasteiger partial charge in [0.15, 0.2) is 0 Å². The Morgan fingerprint density at radius 3 is 2.88 bits per heavy atom. The molecule has 24 heavy (non-hydrogen) atoms. The molecule has 2 aromatic rings. The van der Waals surface area contributed by atoms with Crippen LogP contribution in [0.5, 0.6) is 0 Å². The van der Waals surface area contributed by atoms with Crippen LogP contribution in [0, 0.1) is 0 Å². The summed E-state index contributed by atoms with van der Waals surface area (Å²) in [7, 11) is 0. The first-order valence-electron chi connectivity index (χ1n) is 7.78. The van der Waals surface area contributed by atoms with Crippen LogP contribution in [0.2, 0.25) is 0 Å². The normalized spacial score (nSPS) is 20.2. The highest BCUT2D eigenvalue weighted by Gasteiger charge is 2.39. The van der Waals surface area contributed by atoms with E-state index in [4.69, 9.17) is 0 Å². The Bertz CT molecular complexity index is 744. The fourth-order valence-corrected chi connectivity index (χ4v) is 3.23. The SMILES string of the molecule is O=C(Nc1nncs1)c1ccc(NC2CC(=O)N(C3CC3)C2)nc1. The van der Waals surface area contributed by atoms with E-state index in [0.717, 1.165) is 19.4 Å². The van der Waals surface area contributed by atoms with Gasteiger partial charge in [0.25, 0.3) is 5.91 Å². The summed E-state index contributed by atoms with van der Waals surface area (Å²) in [6, 6.07) is 3.97. The Morgan fingerprint density at radius 1 is 1.33 bits per heavy atom. The molecule has 2 aromatic heterocycles. The van der Waals surface area contributed by atoms with Gasteiger partial charge in [-0.25, -0.2) is 4.98 Å². The molecule has 3 heterocycles. The number of rotatable bonds is 5. The number of carbonyl (C=O) groups excluding carboxylic acids is 2. The lowest BCUT2D eigenvalue weighted by Crippen LogP contribution is -2.29. The number of carbonyl (C=O) groups is 2. The van der Waals surface area contributed by atoms with Crippen LogP contribution in [0.1, 0.15) is 29.6 Å². The van der Waals surface area contributed by atoms with Gasteiger partial charge in [-0.1, -0.05) is 11.3 Å². The van der Waals surface area contributed by atoms with Gasteiger partial charge >= 0.3 is 0 Å². The molecule has 1 unspecified atom stereocenters. The third-order valence-electron chi connectivity index (χ3n) is 4.10. The van der Waals surface area contributed by atoms with Gasteiger partial charge in [0.05, 0.1) is 11.6 Å². The van der Waals surface area contributed by atoms with E-state index in [9.17, 15) is 9.59 Å². The first-order chi connectivity index (χ1) is 11.7. The number of hydrogen-bond donors (Lipinski definition) is 2. The van der Waals surface area contributed by atoms with Crippen molar-refractivity contribution in [1.82, 2.24) is 20.1 Å².